The number of benzene rings is 1. The van der Waals surface area contributed by atoms with Crippen molar-refractivity contribution in [3.63, 3.8) is 0 Å². The number of carbonyl (C=O) groups is 1. The SMILES string of the molecule is CNCCC(=O)c1ccc(O)cc1.Cl. The monoisotopic (exact) mass is 215 g/mol. The maximum atomic E-state index is 11.4. The van der Waals surface area contributed by atoms with Gasteiger partial charge >= 0.3 is 0 Å². The smallest absolute Gasteiger partial charge is 0.164 e. The van der Waals surface area contributed by atoms with Gasteiger partial charge in [-0.15, -0.1) is 12.4 Å². The van der Waals surface area contributed by atoms with E-state index < -0.39 is 0 Å². The van der Waals surface area contributed by atoms with Crippen molar-refractivity contribution in [2.75, 3.05) is 13.6 Å². The lowest BCUT2D eigenvalue weighted by Gasteiger charge is -2.00. The summed E-state index contributed by atoms with van der Waals surface area (Å²) >= 11 is 0. The van der Waals surface area contributed by atoms with Gasteiger partial charge in [-0.3, -0.25) is 4.79 Å². The third-order valence-corrected chi connectivity index (χ3v) is 1.79. The molecule has 0 aliphatic rings. The van der Waals surface area contributed by atoms with E-state index in [4.69, 9.17) is 5.11 Å². The van der Waals surface area contributed by atoms with Crippen molar-refractivity contribution < 1.29 is 9.90 Å². The van der Waals surface area contributed by atoms with E-state index in [9.17, 15) is 4.79 Å². The summed E-state index contributed by atoms with van der Waals surface area (Å²) in [6.07, 6.45) is 0.487. The molecule has 2 N–H and O–H groups in total. The third kappa shape index (κ3) is 3.77. The van der Waals surface area contributed by atoms with Crippen LogP contribution in [0.15, 0.2) is 24.3 Å². The molecule has 3 nitrogen and oxygen atoms in total. The van der Waals surface area contributed by atoms with Crippen LogP contribution in [0.25, 0.3) is 0 Å². The first-order valence-electron chi connectivity index (χ1n) is 4.21. The predicted octanol–water partition coefficient (Wildman–Crippen LogP) is 1.61. The molecule has 0 bridgehead atoms. The van der Waals surface area contributed by atoms with Gasteiger partial charge in [-0.2, -0.15) is 0 Å². The number of hydrogen-bond donors (Lipinski definition) is 2. The molecule has 14 heavy (non-hydrogen) atoms. The zero-order chi connectivity index (χ0) is 9.68. The molecule has 1 aromatic carbocycles. The fraction of sp³-hybridized carbons (Fsp3) is 0.300. The van der Waals surface area contributed by atoms with Gasteiger partial charge in [0, 0.05) is 18.5 Å². The van der Waals surface area contributed by atoms with Gasteiger partial charge < -0.3 is 10.4 Å². The maximum absolute atomic E-state index is 11.4. The van der Waals surface area contributed by atoms with E-state index >= 15 is 0 Å². The van der Waals surface area contributed by atoms with E-state index in [-0.39, 0.29) is 23.9 Å². The molecule has 0 unspecified atom stereocenters. The minimum atomic E-state index is 0. The molecular formula is C10H14ClNO2. The van der Waals surface area contributed by atoms with E-state index in [0.29, 0.717) is 18.5 Å². The first-order chi connectivity index (χ1) is 6.24. The normalized spacial score (nSPS) is 9.21. The lowest BCUT2D eigenvalue weighted by Crippen LogP contribution is -2.12. The van der Waals surface area contributed by atoms with Gasteiger partial charge in [0.15, 0.2) is 5.78 Å². The molecule has 4 heteroatoms. The van der Waals surface area contributed by atoms with Crippen LogP contribution in [0, 0.1) is 0 Å². The van der Waals surface area contributed by atoms with E-state index in [1.807, 2.05) is 7.05 Å². The molecule has 0 atom stereocenters. The van der Waals surface area contributed by atoms with Gasteiger partial charge in [-0.05, 0) is 31.3 Å². The van der Waals surface area contributed by atoms with Crippen molar-refractivity contribution in [2.24, 2.45) is 0 Å². The van der Waals surface area contributed by atoms with Crippen LogP contribution in [0.4, 0.5) is 0 Å². The van der Waals surface area contributed by atoms with Crippen LogP contribution in [0.2, 0.25) is 0 Å². The Morgan fingerprint density at radius 3 is 2.43 bits per heavy atom. The maximum Gasteiger partial charge on any atom is 0.164 e. The Labute approximate surface area is 89.5 Å². The van der Waals surface area contributed by atoms with Crippen molar-refractivity contribution in [1.82, 2.24) is 5.32 Å². The molecule has 0 saturated heterocycles. The summed E-state index contributed by atoms with van der Waals surface area (Å²) in [7, 11) is 1.81. The van der Waals surface area contributed by atoms with E-state index in [1.54, 1.807) is 12.1 Å². The van der Waals surface area contributed by atoms with E-state index in [0.717, 1.165) is 0 Å². The molecule has 1 aromatic rings. The Morgan fingerprint density at radius 2 is 1.93 bits per heavy atom. The molecule has 0 amide bonds. The number of hydrogen-bond acceptors (Lipinski definition) is 3. The summed E-state index contributed by atoms with van der Waals surface area (Å²) in [4.78, 5) is 11.4. The van der Waals surface area contributed by atoms with Crippen LogP contribution < -0.4 is 5.32 Å². The number of Topliss-reactive ketones (excluding diaryl/α,β-unsaturated/α-hetero) is 1. The molecule has 0 aromatic heterocycles. The molecular weight excluding hydrogens is 202 g/mol. The highest BCUT2D eigenvalue weighted by Gasteiger charge is 2.03. The number of nitrogens with one attached hydrogen (secondary N) is 1. The van der Waals surface area contributed by atoms with Crippen LogP contribution in [0.5, 0.6) is 5.75 Å². The van der Waals surface area contributed by atoms with Gasteiger partial charge in [0.05, 0.1) is 0 Å². The second kappa shape index (κ2) is 6.40. The van der Waals surface area contributed by atoms with Gasteiger partial charge in [0.2, 0.25) is 0 Å². The summed E-state index contributed by atoms with van der Waals surface area (Å²) < 4.78 is 0. The number of halogens is 1. The van der Waals surface area contributed by atoms with Gasteiger partial charge in [-0.25, -0.2) is 0 Å². The number of ketones is 1. The van der Waals surface area contributed by atoms with Gasteiger partial charge in [0.1, 0.15) is 5.75 Å². The standard InChI is InChI=1S/C10H13NO2.ClH/c1-11-7-6-10(13)8-2-4-9(12)5-3-8;/h2-5,11-12H,6-7H2,1H3;1H. The average Bonchev–Trinajstić information content (AvgIpc) is 2.15. The lowest BCUT2D eigenvalue weighted by molar-refractivity contribution is 0.0983. The molecule has 0 heterocycles. The summed E-state index contributed by atoms with van der Waals surface area (Å²) in [5.74, 6) is 0.277. The van der Waals surface area contributed by atoms with Crippen LogP contribution in [0.1, 0.15) is 16.8 Å². The Balaban J connectivity index is 0.00000169. The number of phenols is 1. The quantitative estimate of drug-likeness (QED) is 0.751. The van der Waals surface area contributed by atoms with Gasteiger partial charge in [0.25, 0.3) is 0 Å². The number of phenolic OH excluding ortho intramolecular Hbond substituents is 1. The first-order valence-corrected chi connectivity index (χ1v) is 4.21. The summed E-state index contributed by atoms with van der Waals surface area (Å²) in [6.45, 7) is 0.680. The Kier molecular flexibility index (Phi) is 5.92. The molecule has 78 valence electrons. The number of rotatable bonds is 4. The second-order valence-corrected chi connectivity index (χ2v) is 2.82. The van der Waals surface area contributed by atoms with Crippen LogP contribution in [-0.2, 0) is 0 Å². The van der Waals surface area contributed by atoms with Gasteiger partial charge in [-0.1, -0.05) is 0 Å². The highest BCUT2D eigenvalue weighted by molar-refractivity contribution is 5.96. The molecule has 1 rings (SSSR count). The Morgan fingerprint density at radius 1 is 1.36 bits per heavy atom. The van der Waals surface area contributed by atoms with E-state index in [1.165, 1.54) is 12.1 Å². The predicted molar refractivity (Wildman–Crippen MR) is 58.2 cm³/mol. The summed E-state index contributed by atoms with van der Waals surface area (Å²) in [5, 5.41) is 11.9. The molecule has 0 saturated carbocycles. The Hall–Kier alpha value is -1.06. The summed E-state index contributed by atoms with van der Waals surface area (Å²) in [5.41, 5.74) is 0.646. The molecule has 0 fully saturated rings. The molecule has 0 spiro atoms. The summed E-state index contributed by atoms with van der Waals surface area (Å²) in [6, 6.07) is 6.31. The molecule has 0 aliphatic heterocycles. The van der Waals surface area contributed by atoms with Crippen molar-refractivity contribution >= 4 is 18.2 Å². The number of aromatic hydroxyl groups is 1. The number of carbonyl (C=O) groups excluding carboxylic acids is 1. The zero-order valence-corrected chi connectivity index (χ0v) is 8.80. The molecule has 0 aliphatic carbocycles. The second-order valence-electron chi connectivity index (χ2n) is 2.82. The zero-order valence-electron chi connectivity index (χ0n) is 7.99. The average molecular weight is 216 g/mol. The van der Waals surface area contributed by atoms with Crippen LogP contribution in [-0.4, -0.2) is 24.5 Å². The fourth-order valence-corrected chi connectivity index (χ4v) is 1.03. The third-order valence-electron chi connectivity index (χ3n) is 1.79. The van der Waals surface area contributed by atoms with Crippen molar-refractivity contribution in [3.05, 3.63) is 29.8 Å². The Bertz CT molecular complexity index is 285. The van der Waals surface area contributed by atoms with Crippen LogP contribution >= 0.6 is 12.4 Å². The van der Waals surface area contributed by atoms with Crippen molar-refractivity contribution in [1.29, 1.82) is 0 Å². The first kappa shape index (κ1) is 12.9. The molecule has 0 radical (unpaired) electrons. The highest BCUT2D eigenvalue weighted by Crippen LogP contribution is 2.10. The van der Waals surface area contributed by atoms with E-state index in [2.05, 4.69) is 5.32 Å². The van der Waals surface area contributed by atoms with Crippen LogP contribution in [0.3, 0.4) is 0 Å². The van der Waals surface area contributed by atoms with Crippen molar-refractivity contribution in [2.45, 2.75) is 6.42 Å². The lowest BCUT2D eigenvalue weighted by atomic mass is 10.1. The largest absolute Gasteiger partial charge is 0.508 e. The minimum absolute atomic E-state index is 0. The minimum Gasteiger partial charge on any atom is -0.508 e. The fourth-order valence-electron chi connectivity index (χ4n) is 1.03. The topological polar surface area (TPSA) is 49.3 Å². The van der Waals surface area contributed by atoms with Crippen molar-refractivity contribution in [3.8, 4) is 5.75 Å². The highest BCUT2D eigenvalue weighted by atomic mass is 35.5.